The molecule has 2 rings (SSSR count). The van der Waals surface area contributed by atoms with Crippen molar-refractivity contribution in [1.29, 1.82) is 0 Å². The molecule has 0 aromatic carbocycles. The Morgan fingerprint density at radius 2 is 2.13 bits per heavy atom. The second kappa shape index (κ2) is 6.44. The van der Waals surface area contributed by atoms with E-state index in [0.29, 0.717) is 13.0 Å². The zero-order chi connectivity index (χ0) is 17.3. The van der Waals surface area contributed by atoms with E-state index in [1.165, 1.54) is 6.07 Å². The van der Waals surface area contributed by atoms with Crippen molar-refractivity contribution in [3.63, 3.8) is 0 Å². The van der Waals surface area contributed by atoms with Crippen LogP contribution < -0.4 is 0 Å². The summed E-state index contributed by atoms with van der Waals surface area (Å²) >= 11 is 5.78. The number of rotatable bonds is 3. The molecule has 23 heavy (non-hydrogen) atoms. The molecule has 0 radical (unpaired) electrons. The summed E-state index contributed by atoms with van der Waals surface area (Å²) in [7, 11) is -0.316. The minimum atomic E-state index is -2.02. The van der Waals surface area contributed by atoms with Gasteiger partial charge in [0.15, 0.2) is 13.9 Å². The van der Waals surface area contributed by atoms with E-state index in [9.17, 15) is 9.59 Å². The number of pyridine rings is 1. The highest BCUT2D eigenvalue weighted by molar-refractivity contribution is 6.70. The molecule has 0 spiro atoms. The fraction of sp³-hybridized carbons (Fsp3) is 0.438. The Balaban J connectivity index is 2.33. The highest BCUT2D eigenvalue weighted by Crippen LogP contribution is 2.29. The lowest BCUT2D eigenvalue weighted by atomic mass is 10.0. The van der Waals surface area contributed by atoms with Crippen LogP contribution in [0.5, 0.6) is 0 Å². The Kier molecular flexibility index (Phi) is 4.94. The minimum Gasteiger partial charge on any atom is -0.394 e. The molecule has 7 heteroatoms. The number of carbonyl (C=O) groups is 2. The number of hydrogen-bond donors (Lipinski definition) is 0. The van der Waals surface area contributed by atoms with Crippen molar-refractivity contribution in [2.45, 2.75) is 31.7 Å². The van der Waals surface area contributed by atoms with Crippen molar-refractivity contribution in [1.82, 2.24) is 9.88 Å². The molecular weight excluding hydrogens is 332 g/mol. The van der Waals surface area contributed by atoms with Crippen molar-refractivity contribution in [3.8, 4) is 11.8 Å². The van der Waals surface area contributed by atoms with Crippen LogP contribution in [0.4, 0.5) is 0 Å². The average molecular weight is 351 g/mol. The summed E-state index contributed by atoms with van der Waals surface area (Å²) in [5.41, 5.74) is -1.07. The number of aromatic nitrogens is 1. The van der Waals surface area contributed by atoms with E-state index in [-0.39, 0.29) is 16.8 Å². The van der Waals surface area contributed by atoms with Gasteiger partial charge in [-0.2, -0.15) is 0 Å². The van der Waals surface area contributed by atoms with Crippen molar-refractivity contribution in [2.24, 2.45) is 0 Å². The molecule has 1 atom stereocenters. The molecule has 5 nitrogen and oxygen atoms in total. The third-order valence-electron chi connectivity index (χ3n) is 3.30. The number of ketones is 1. The van der Waals surface area contributed by atoms with E-state index in [4.69, 9.17) is 16.0 Å². The molecule has 1 aliphatic rings. The number of carbonyl (C=O) groups excluding carboxylic acids is 2. The van der Waals surface area contributed by atoms with Gasteiger partial charge in [-0.05, 0) is 43.6 Å². The standard InChI is InChI=1S/C16H19ClN2O3Si/c1-19-11-10-16(15(19)21,22-23(2,3)4)9-8-13(20)12-6-5-7-14(17)18-12/h5-7H,10-11H2,1-4H3/t16-/m0/s1. The van der Waals surface area contributed by atoms with Gasteiger partial charge in [-0.3, -0.25) is 9.59 Å². The molecule has 122 valence electrons. The first-order valence-electron chi connectivity index (χ1n) is 7.29. The molecular formula is C16H19ClN2O3Si. The van der Waals surface area contributed by atoms with E-state index < -0.39 is 19.7 Å². The van der Waals surface area contributed by atoms with Crippen LogP contribution >= 0.6 is 11.6 Å². The summed E-state index contributed by atoms with van der Waals surface area (Å²) < 4.78 is 6.05. The van der Waals surface area contributed by atoms with Crippen molar-refractivity contribution in [2.75, 3.05) is 13.6 Å². The maximum atomic E-state index is 12.5. The van der Waals surface area contributed by atoms with Crippen LogP contribution in [-0.4, -0.2) is 49.1 Å². The molecule has 1 saturated heterocycles. The number of amides is 1. The Hall–Kier alpha value is -1.68. The lowest BCUT2D eigenvalue weighted by Crippen LogP contribution is -2.47. The average Bonchev–Trinajstić information content (AvgIpc) is 2.72. The Morgan fingerprint density at radius 3 is 2.65 bits per heavy atom. The maximum Gasteiger partial charge on any atom is 0.266 e. The Bertz CT molecular complexity index is 705. The molecule has 0 aliphatic carbocycles. The summed E-state index contributed by atoms with van der Waals surface area (Å²) in [5, 5.41) is 0.224. The van der Waals surface area contributed by atoms with Gasteiger partial charge in [0.05, 0.1) is 0 Å². The number of hydrogen-bond acceptors (Lipinski definition) is 4. The first-order chi connectivity index (χ1) is 10.6. The van der Waals surface area contributed by atoms with Gasteiger partial charge in [-0.25, -0.2) is 4.98 Å². The predicted octanol–water partition coefficient (Wildman–Crippen LogP) is 2.37. The van der Waals surface area contributed by atoms with E-state index in [2.05, 4.69) is 16.8 Å². The van der Waals surface area contributed by atoms with Gasteiger partial charge < -0.3 is 9.33 Å². The van der Waals surface area contributed by atoms with Gasteiger partial charge in [-0.15, -0.1) is 0 Å². The fourth-order valence-corrected chi connectivity index (χ4v) is 3.81. The number of halogens is 1. The molecule has 1 aromatic heterocycles. The summed E-state index contributed by atoms with van der Waals surface area (Å²) in [6, 6.07) is 4.75. The zero-order valence-corrected chi connectivity index (χ0v) is 15.4. The number of likely N-dealkylation sites (tertiary alicyclic amines) is 1. The number of likely N-dealkylation sites (N-methyl/N-ethyl adjacent to an activating group) is 1. The third kappa shape index (κ3) is 4.19. The number of Topliss-reactive ketones (excluding diaryl/α,β-unsaturated/α-hetero) is 1. The van der Waals surface area contributed by atoms with Crippen LogP contribution in [0.2, 0.25) is 24.8 Å². The monoisotopic (exact) mass is 350 g/mol. The molecule has 2 heterocycles. The van der Waals surface area contributed by atoms with Crippen molar-refractivity contribution in [3.05, 3.63) is 29.0 Å². The van der Waals surface area contributed by atoms with E-state index in [1.807, 2.05) is 19.6 Å². The molecule has 1 aromatic rings. The normalized spacial score (nSPS) is 21.1. The fourth-order valence-electron chi connectivity index (χ4n) is 2.36. The van der Waals surface area contributed by atoms with Crippen LogP contribution in [0.3, 0.4) is 0 Å². The predicted molar refractivity (Wildman–Crippen MR) is 90.8 cm³/mol. The third-order valence-corrected chi connectivity index (χ3v) is 4.47. The summed E-state index contributed by atoms with van der Waals surface area (Å²) in [6.45, 7) is 6.52. The molecule has 1 fully saturated rings. The van der Waals surface area contributed by atoms with Gasteiger partial charge in [-0.1, -0.05) is 17.7 Å². The first kappa shape index (κ1) is 17.7. The van der Waals surface area contributed by atoms with E-state index >= 15 is 0 Å². The van der Waals surface area contributed by atoms with Crippen LogP contribution in [-0.2, 0) is 9.22 Å². The van der Waals surface area contributed by atoms with Crippen molar-refractivity contribution < 1.29 is 14.0 Å². The highest BCUT2D eigenvalue weighted by atomic mass is 35.5. The number of nitrogens with zero attached hydrogens (tertiary/aromatic N) is 2. The van der Waals surface area contributed by atoms with Crippen LogP contribution in [0.1, 0.15) is 16.9 Å². The van der Waals surface area contributed by atoms with Crippen molar-refractivity contribution >= 4 is 31.6 Å². The molecule has 0 N–H and O–H groups in total. The SMILES string of the molecule is CN1CC[C@](C#CC(=O)c2cccc(Cl)n2)(O[Si](C)(C)C)C1=O. The lowest BCUT2D eigenvalue weighted by Gasteiger charge is -2.29. The first-order valence-corrected chi connectivity index (χ1v) is 11.1. The van der Waals surface area contributed by atoms with Crippen LogP contribution in [0.25, 0.3) is 0 Å². The topological polar surface area (TPSA) is 59.5 Å². The van der Waals surface area contributed by atoms with Gasteiger partial charge in [0.1, 0.15) is 10.8 Å². The summed E-state index contributed by atoms with van der Waals surface area (Å²) in [4.78, 5) is 30.2. The van der Waals surface area contributed by atoms with Gasteiger partial charge >= 0.3 is 0 Å². The summed E-state index contributed by atoms with van der Waals surface area (Å²) in [6.07, 6.45) is 0.454. The maximum absolute atomic E-state index is 12.5. The van der Waals surface area contributed by atoms with Crippen LogP contribution in [0, 0.1) is 11.8 Å². The highest BCUT2D eigenvalue weighted by Gasteiger charge is 2.48. The molecule has 0 saturated carbocycles. The molecule has 0 bridgehead atoms. The molecule has 1 amide bonds. The summed E-state index contributed by atoms with van der Waals surface area (Å²) in [5.74, 6) is 4.64. The minimum absolute atomic E-state index is 0.159. The van der Waals surface area contributed by atoms with Crippen LogP contribution in [0.15, 0.2) is 18.2 Å². The quantitative estimate of drug-likeness (QED) is 0.276. The second-order valence-corrected chi connectivity index (χ2v) is 11.3. The van der Waals surface area contributed by atoms with E-state index in [1.54, 1.807) is 24.1 Å². The molecule has 0 unspecified atom stereocenters. The Morgan fingerprint density at radius 1 is 1.43 bits per heavy atom. The van der Waals surface area contributed by atoms with Gasteiger partial charge in [0, 0.05) is 20.0 Å². The smallest absolute Gasteiger partial charge is 0.266 e. The lowest BCUT2D eigenvalue weighted by molar-refractivity contribution is -0.136. The zero-order valence-electron chi connectivity index (χ0n) is 13.6. The van der Waals surface area contributed by atoms with E-state index in [0.717, 1.165) is 0 Å². The largest absolute Gasteiger partial charge is 0.394 e. The second-order valence-electron chi connectivity index (χ2n) is 6.44. The van der Waals surface area contributed by atoms with Gasteiger partial charge in [0.25, 0.3) is 11.7 Å². The Labute approximate surface area is 142 Å². The molecule has 1 aliphatic heterocycles. The van der Waals surface area contributed by atoms with Gasteiger partial charge in [0.2, 0.25) is 0 Å².